The summed E-state index contributed by atoms with van der Waals surface area (Å²) in [6.07, 6.45) is -0.825. The van der Waals surface area contributed by atoms with Crippen LogP contribution in [0, 0.1) is 0 Å². The molecule has 44 heavy (non-hydrogen) atoms. The molecule has 0 spiro atoms. The van der Waals surface area contributed by atoms with Crippen LogP contribution in [0.25, 0.3) is 11.1 Å². The van der Waals surface area contributed by atoms with E-state index in [9.17, 15) is 14.7 Å². The molecular weight excluding hydrogens is 548 g/mol. The Morgan fingerprint density at radius 2 is 1.09 bits per heavy atom. The molecule has 0 bridgehead atoms. The third-order valence-corrected chi connectivity index (χ3v) is 8.27. The lowest BCUT2D eigenvalue weighted by atomic mass is 9.77. The highest BCUT2D eigenvalue weighted by Gasteiger charge is 2.38. The molecule has 3 N–H and O–H groups in total. The van der Waals surface area contributed by atoms with Gasteiger partial charge in [0, 0.05) is 12.3 Å². The number of carbonyl (C=O) groups excluding carboxylic acids is 2. The van der Waals surface area contributed by atoms with Gasteiger partial charge in [-0.2, -0.15) is 0 Å². The quantitative estimate of drug-likeness (QED) is 0.167. The maximum Gasteiger partial charge on any atom is 0.407 e. The molecule has 0 saturated heterocycles. The van der Waals surface area contributed by atoms with Crippen molar-refractivity contribution in [2.45, 2.75) is 23.9 Å². The zero-order valence-electron chi connectivity index (χ0n) is 24.2. The maximum absolute atomic E-state index is 13.8. The molecule has 1 aliphatic rings. The van der Waals surface area contributed by atoms with Crippen LogP contribution in [0.15, 0.2) is 140 Å². The van der Waals surface area contributed by atoms with E-state index in [2.05, 4.69) is 34.9 Å². The van der Waals surface area contributed by atoms with Crippen LogP contribution in [0.3, 0.4) is 0 Å². The Kier molecular flexibility index (Phi) is 8.52. The van der Waals surface area contributed by atoms with Crippen LogP contribution in [-0.4, -0.2) is 36.4 Å². The van der Waals surface area contributed by atoms with E-state index in [1.165, 1.54) is 0 Å². The predicted molar refractivity (Wildman–Crippen MR) is 171 cm³/mol. The highest BCUT2D eigenvalue weighted by atomic mass is 16.5. The lowest BCUT2D eigenvalue weighted by Crippen LogP contribution is -2.50. The molecule has 1 atom stereocenters. The van der Waals surface area contributed by atoms with Gasteiger partial charge in [-0.15, -0.1) is 0 Å². The van der Waals surface area contributed by atoms with Gasteiger partial charge >= 0.3 is 6.09 Å². The fraction of sp³-hybridized carbons (Fsp3) is 0.158. The number of nitrogens with one attached hydrogen (secondary N) is 2. The molecule has 6 heteroatoms. The third-order valence-electron chi connectivity index (χ3n) is 8.27. The van der Waals surface area contributed by atoms with Crippen molar-refractivity contribution < 1.29 is 19.4 Å². The molecule has 1 unspecified atom stereocenters. The molecular formula is C38H34N2O4. The van der Waals surface area contributed by atoms with Crippen molar-refractivity contribution in [3.63, 3.8) is 0 Å². The SMILES string of the molecule is O=C(CC(CO)NC(=O)OCC1c2ccccc2-c2ccccc21)NC(c1ccccc1)(c1ccccc1)c1ccccc1. The summed E-state index contributed by atoms with van der Waals surface area (Å²) in [6, 6.07) is 44.8. The molecule has 0 saturated carbocycles. The lowest BCUT2D eigenvalue weighted by molar-refractivity contribution is -0.123. The van der Waals surface area contributed by atoms with E-state index in [0.29, 0.717) is 0 Å². The first kappa shape index (κ1) is 28.9. The monoisotopic (exact) mass is 582 g/mol. The van der Waals surface area contributed by atoms with Crippen molar-refractivity contribution in [2.24, 2.45) is 0 Å². The largest absolute Gasteiger partial charge is 0.449 e. The normalized spacial score (nSPS) is 12.9. The van der Waals surface area contributed by atoms with Crippen LogP contribution in [0.4, 0.5) is 4.79 Å². The summed E-state index contributed by atoms with van der Waals surface area (Å²) in [5, 5.41) is 16.1. The number of aliphatic hydroxyl groups is 1. The first-order valence-corrected chi connectivity index (χ1v) is 14.8. The van der Waals surface area contributed by atoms with E-state index < -0.39 is 24.3 Å². The molecule has 0 fully saturated rings. The second kappa shape index (κ2) is 13.0. The van der Waals surface area contributed by atoms with Crippen molar-refractivity contribution in [3.05, 3.63) is 167 Å². The molecule has 1 aliphatic carbocycles. The number of alkyl carbamates (subject to hydrolysis) is 1. The van der Waals surface area contributed by atoms with Crippen LogP contribution >= 0.6 is 0 Å². The number of hydrogen-bond acceptors (Lipinski definition) is 4. The number of ether oxygens (including phenoxy) is 1. The van der Waals surface area contributed by atoms with Gasteiger partial charge < -0.3 is 20.5 Å². The second-order valence-electron chi connectivity index (χ2n) is 10.9. The number of carbonyl (C=O) groups is 2. The van der Waals surface area contributed by atoms with Crippen LogP contribution in [0.5, 0.6) is 0 Å². The van der Waals surface area contributed by atoms with Crippen molar-refractivity contribution in [1.82, 2.24) is 10.6 Å². The predicted octanol–water partition coefficient (Wildman–Crippen LogP) is 6.38. The molecule has 0 radical (unpaired) electrons. The van der Waals surface area contributed by atoms with Gasteiger partial charge in [0.1, 0.15) is 12.1 Å². The minimum atomic E-state index is -0.995. The first-order chi connectivity index (χ1) is 21.6. The van der Waals surface area contributed by atoms with Crippen molar-refractivity contribution in [2.75, 3.05) is 13.2 Å². The topological polar surface area (TPSA) is 87.7 Å². The fourth-order valence-corrected chi connectivity index (χ4v) is 6.23. The summed E-state index contributed by atoms with van der Waals surface area (Å²) < 4.78 is 5.67. The van der Waals surface area contributed by atoms with E-state index in [-0.39, 0.29) is 24.9 Å². The van der Waals surface area contributed by atoms with Crippen LogP contribution < -0.4 is 10.6 Å². The summed E-state index contributed by atoms with van der Waals surface area (Å²) in [7, 11) is 0. The molecule has 0 aromatic heterocycles. The van der Waals surface area contributed by atoms with Gasteiger partial charge in [-0.25, -0.2) is 4.79 Å². The Labute approximate surface area is 257 Å². The third kappa shape index (κ3) is 5.72. The smallest absolute Gasteiger partial charge is 0.407 e. The van der Waals surface area contributed by atoms with Crippen LogP contribution in [0.2, 0.25) is 0 Å². The van der Waals surface area contributed by atoms with E-state index in [0.717, 1.165) is 38.9 Å². The summed E-state index contributed by atoms with van der Waals surface area (Å²) in [6.45, 7) is -0.282. The molecule has 5 aromatic carbocycles. The number of hydrogen-bond donors (Lipinski definition) is 3. The Bertz CT molecular complexity index is 1580. The van der Waals surface area contributed by atoms with Crippen molar-refractivity contribution >= 4 is 12.0 Å². The second-order valence-corrected chi connectivity index (χ2v) is 10.9. The van der Waals surface area contributed by atoms with E-state index >= 15 is 0 Å². The summed E-state index contributed by atoms with van der Waals surface area (Å²) in [5.74, 6) is -0.424. The summed E-state index contributed by atoms with van der Waals surface area (Å²) in [4.78, 5) is 26.7. The number of rotatable bonds is 10. The van der Waals surface area contributed by atoms with E-state index in [1.807, 2.05) is 115 Å². The van der Waals surface area contributed by atoms with Gasteiger partial charge in [0.15, 0.2) is 0 Å². The van der Waals surface area contributed by atoms with Gasteiger partial charge in [-0.05, 0) is 38.9 Å². The van der Waals surface area contributed by atoms with Crippen LogP contribution in [-0.2, 0) is 15.1 Å². The van der Waals surface area contributed by atoms with Gasteiger partial charge in [0.2, 0.25) is 5.91 Å². The highest BCUT2D eigenvalue weighted by Crippen LogP contribution is 2.44. The van der Waals surface area contributed by atoms with Gasteiger partial charge in [-0.3, -0.25) is 4.79 Å². The van der Waals surface area contributed by atoms with Crippen LogP contribution in [0.1, 0.15) is 40.2 Å². The molecule has 2 amide bonds. The molecule has 5 aromatic rings. The lowest BCUT2D eigenvalue weighted by Gasteiger charge is -2.37. The first-order valence-electron chi connectivity index (χ1n) is 14.8. The molecule has 6 nitrogen and oxygen atoms in total. The zero-order valence-corrected chi connectivity index (χ0v) is 24.2. The summed E-state index contributed by atoms with van der Waals surface area (Å²) in [5.41, 5.74) is 6.16. The summed E-state index contributed by atoms with van der Waals surface area (Å²) >= 11 is 0. The molecule has 0 aliphatic heterocycles. The molecule has 220 valence electrons. The van der Waals surface area contributed by atoms with Gasteiger partial charge in [-0.1, -0.05) is 140 Å². The minimum absolute atomic E-state index is 0.0905. The maximum atomic E-state index is 13.8. The standard InChI is InChI=1S/C38H34N2O4/c41-25-30(39-37(43)44-26-35-33-22-12-10-20-31(33)32-21-11-13-23-34(32)35)24-36(42)40-38(27-14-4-1-5-15-27,28-16-6-2-7-17-28)29-18-8-3-9-19-29/h1-23,30,35,41H,24-26H2,(H,39,43)(H,40,42). The van der Waals surface area contributed by atoms with E-state index in [1.54, 1.807) is 0 Å². The number of fused-ring (bicyclic) bond motifs is 3. The zero-order chi connectivity index (χ0) is 30.4. The Morgan fingerprint density at radius 3 is 1.55 bits per heavy atom. The number of aliphatic hydroxyl groups excluding tert-OH is 1. The molecule has 0 heterocycles. The highest BCUT2D eigenvalue weighted by molar-refractivity contribution is 5.81. The minimum Gasteiger partial charge on any atom is -0.449 e. The van der Waals surface area contributed by atoms with Crippen molar-refractivity contribution in [3.8, 4) is 11.1 Å². The fourth-order valence-electron chi connectivity index (χ4n) is 6.23. The van der Waals surface area contributed by atoms with Gasteiger partial charge in [0.25, 0.3) is 0 Å². The van der Waals surface area contributed by atoms with Gasteiger partial charge in [0.05, 0.1) is 12.6 Å². The van der Waals surface area contributed by atoms with E-state index in [4.69, 9.17) is 4.74 Å². The Balaban J connectivity index is 1.18. The average molecular weight is 583 g/mol. The number of amides is 2. The average Bonchev–Trinajstić information content (AvgIpc) is 3.40. The molecule has 6 rings (SSSR count). The number of benzene rings is 5. The Morgan fingerprint density at radius 1 is 0.659 bits per heavy atom. The Hall–Kier alpha value is -5.20. The van der Waals surface area contributed by atoms with Crippen molar-refractivity contribution in [1.29, 1.82) is 0 Å².